The zero-order valence-electron chi connectivity index (χ0n) is 14.5. The molecule has 5 heteroatoms. The second-order valence-corrected chi connectivity index (χ2v) is 5.82. The number of urea groups is 1. The molecule has 0 aliphatic carbocycles. The molecule has 1 aromatic carbocycles. The first-order valence-electron chi connectivity index (χ1n) is 8.22. The topological polar surface area (TPSA) is 63.2 Å². The predicted molar refractivity (Wildman–Crippen MR) is 95.1 cm³/mol. The predicted octanol–water partition coefficient (Wildman–Crippen LogP) is 3.47. The summed E-state index contributed by atoms with van der Waals surface area (Å²) < 4.78 is 5.23. The smallest absolute Gasteiger partial charge is 0.315 e. The normalized spacial score (nSPS) is 13.0. The van der Waals surface area contributed by atoms with Gasteiger partial charge in [-0.1, -0.05) is 19.1 Å². The van der Waals surface area contributed by atoms with Crippen LogP contribution in [0.3, 0.4) is 0 Å². The number of carbonyl (C=O) groups excluding carboxylic acids is 1. The van der Waals surface area contributed by atoms with Gasteiger partial charge in [0, 0.05) is 18.4 Å². The van der Waals surface area contributed by atoms with E-state index in [4.69, 9.17) is 4.74 Å². The monoisotopic (exact) mass is 327 g/mol. The summed E-state index contributed by atoms with van der Waals surface area (Å²) in [4.78, 5) is 16.3. The lowest BCUT2D eigenvalue weighted by atomic mass is 10.1. The minimum Gasteiger partial charge on any atom is -0.497 e. The van der Waals surface area contributed by atoms with Gasteiger partial charge in [0.15, 0.2) is 0 Å². The van der Waals surface area contributed by atoms with Crippen molar-refractivity contribution in [3.8, 4) is 5.75 Å². The van der Waals surface area contributed by atoms with Crippen molar-refractivity contribution in [2.45, 2.75) is 38.8 Å². The van der Waals surface area contributed by atoms with Gasteiger partial charge in [0.05, 0.1) is 13.2 Å². The molecule has 0 unspecified atom stereocenters. The van der Waals surface area contributed by atoms with Gasteiger partial charge >= 0.3 is 6.03 Å². The molecule has 0 saturated carbocycles. The van der Waals surface area contributed by atoms with Crippen LogP contribution in [0.15, 0.2) is 48.8 Å². The average molecular weight is 327 g/mol. The third kappa shape index (κ3) is 5.26. The molecule has 0 fully saturated rings. The maximum absolute atomic E-state index is 12.2. The molecule has 1 aromatic heterocycles. The molecular weight excluding hydrogens is 302 g/mol. The highest BCUT2D eigenvalue weighted by atomic mass is 16.5. The van der Waals surface area contributed by atoms with E-state index in [9.17, 15) is 4.79 Å². The molecule has 0 radical (unpaired) electrons. The number of ether oxygens (including phenoxy) is 1. The molecule has 128 valence electrons. The van der Waals surface area contributed by atoms with E-state index in [1.807, 2.05) is 50.2 Å². The minimum atomic E-state index is -0.158. The maximum atomic E-state index is 12.2. The van der Waals surface area contributed by atoms with E-state index in [0.717, 1.165) is 29.7 Å². The number of carbonyl (C=O) groups is 1. The van der Waals surface area contributed by atoms with Crippen molar-refractivity contribution in [1.29, 1.82) is 0 Å². The number of rotatable bonds is 7. The zero-order chi connectivity index (χ0) is 17.4. The highest BCUT2D eigenvalue weighted by molar-refractivity contribution is 5.74. The summed E-state index contributed by atoms with van der Waals surface area (Å²) in [5, 5.41) is 6.01. The molecule has 2 aromatic rings. The Kier molecular flexibility index (Phi) is 6.61. The molecule has 0 spiro atoms. The quantitative estimate of drug-likeness (QED) is 0.818. The van der Waals surface area contributed by atoms with E-state index in [-0.39, 0.29) is 18.1 Å². The van der Waals surface area contributed by atoms with Gasteiger partial charge < -0.3 is 15.4 Å². The Labute approximate surface area is 143 Å². The van der Waals surface area contributed by atoms with Gasteiger partial charge in [-0.15, -0.1) is 0 Å². The lowest BCUT2D eigenvalue weighted by molar-refractivity contribution is 0.233. The minimum absolute atomic E-state index is 0.0166. The van der Waals surface area contributed by atoms with Gasteiger partial charge in [-0.25, -0.2) is 4.79 Å². The molecule has 0 aliphatic heterocycles. The molecular formula is C19H25N3O2. The van der Waals surface area contributed by atoms with Gasteiger partial charge in [0.25, 0.3) is 0 Å². The Morgan fingerprint density at radius 2 is 1.96 bits per heavy atom. The van der Waals surface area contributed by atoms with Crippen LogP contribution in [0.25, 0.3) is 0 Å². The number of methoxy groups -OCH3 is 1. The Bertz CT molecular complexity index is 646. The lowest BCUT2D eigenvalue weighted by Crippen LogP contribution is -2.43. The summed E-state index contributed by atoms with van der Waals surface area (Å²) in [5.41, 5.74) is 2.19. The van der Waals surface area contributed by atoms with Crippen LogP contribution < -0.4 is 15.4 Å². The number of amides is 2. The van der Waals surface area contributed by atoms with E-state index in [1.54, 1.807) is 19.5 Å². The molecule has 2 N–H and O–H groups in total. The largest absolute Gasteiger partial charge is 0.497 e. The summed E-state index contributed by atoms with van der Waals surface area (Å²) in [5.74, 6) is 0.827. The fourth-order valence-corrected chi connectivity index (χ4v) is 2.64. The van der Waals surface area contributed by atoms with Crippen LogP contribution in [-0.4, -0.2) is 24.2 Å². The molecule has 24 heavy (non-hydrogen) atoms. The number of aromatic nitrogens is 1. The van der Waals surface area contributed by atoms with E-state index >= 15 is 0 Å². The van der Waals surface area contributed by atoms with Crippen LogP contribution in [-0.2, 0) is 6.42 Å². The number of hydrogen-bond acceptors (Lipinski definition) is 3. The van der Waals surface area contributed by atoms with Crippen molar-refractivity contribution < 1.29 is 9.53 Å². The van der Waals surface area contributed by atoms with Crippen molar-refractivity contribution in [3.63, 3.8) is 0 Å². The third-order valence-corrected chi connectivity index (χ3v) is 3.88. The Hall–Kier alpha value is -2.56. The number of hydrogen-bond donors (Lipinski definition) is 2. The van der Waals surface area contributed by atoms with Crippen molar-refractivity contribution in [1.82, 2.24) is 15.6 Å². The van der Waals surface area contributed by atoms with Gasteiger partial charge in [0.2, 0.25) is 0 Å². The second kappa shape index (κ2) is 8.91. The van der Waals surface area contributed by atoms with Crippen molar-refractivity contribution >= 4 is 6.03 Å². The molecule has 0 aliphatic rings. The fraction of sp³-hybridized carbons (Fsp3) is 0.368. The molecule has 2 rings (SSSR count). The molecule has 2 atom stereocenters. The van der Waals surface area contributed by atoms with E-state index in [1.165, 1.54) is 0 Å². The number of nitrogens with zero attached hydrogens (tertiary/aromatic N) is 1. The maximum Gasteiger partial charge on any atom is 0.315 e. The van der Waals surface area contributed by atoms with Crippen LogP contribution in [0.4, 0.5) is 4.79 Å². The number of pyridine rings is 1. The first-order chi connectivity index (χ1) is 11.6. The van der Waals surface area contributed by atoms with Gasteiger partial charge in [-0.3, -0.25) is 4.98 Å². The SMILES string of the molecule is CC[C@H](NC(=O)N[C@@H](C)Cc1cccc(OC)c1)c1ccncc1. The van der Waals surface area contributed by atoms with Crippen LogP contribution in [0.5, 0.6) is 5.75 Å². The Morgan fingerprint density at radius 3 is 2.62 bits per heavy atom. The number of benzene rings is 1. The van der Waals surface area contributed by atoms with E-state index in [0.29, 0.717) is 0 Å². The highest BCUT2D eigenvalue weighted by Crippen LogP contribution is 2.16. The lowest BCUT2D eigenvalue weighted by Gasteiger charge is -2.20. The first-order valence-corrected chi connectivity index (χ1v) is 8.22. The fourth-order valence-electron chi connectivity index (χ4n) is 2.64. The zero-order valence-corrected chi connectivity index (χ0v) is 14.5. The van der Waals surface area contributed by atoms with E-state index < -0.39 is 0 Å². The summed E-state index contributed by atoms with van der Waals surface area (Å²) in [7, 11) is 1.65. The van der Waals surface area contributed by atoms with Gasteiger partial charge in [0.1, 0.15) is 5.75 Å². The first kappa shape index (κ1) is 17.8. The molecule has 0 saturated heterocycles. The highest BCUT2D eigenvalue weighted by Gasteiger charge is 2.14. The van der Waals surface area contributed by atoms with Crippen LogP contribution in [0.2, 0.25) is 0 Å². The Morgan fingerprint density at radius 1 is 1.21 bits per heavy atom. The van der Waals surface area contributed by atoms with Crippen molar-refractivity contribution in [2.75, 3.05) is 7.11 Å². The van der Waals surface area contributed by atoms with Crippen molar-refractivity contribution in [2.24, 2.45) is 0 Å². The second-order valence-electron chi connectivity index (χ2n) is 5.82. The van der Waals surface area contributed by atoms with Crippen molar-refractivity contribution in [3.05, 3.63) is 59.9 Å². The van der Waals surface area contributed by atoms with Crippen LogP contribution >= 0.6 is 0 Å². The van der Waals surface area contributed by atoms with Crippen LogP contribution in [0, 0.1) is 0 Å². The third-order valence-electron chi connectivity index (χ3n) is 3.88. The number of nitrogens with one attached hydrogen (secondary N) is 2. The molecule has 2 amide bonds. The summed E-state index contributed by atoms with van der Waals surface area (Å²) >= 11 is 0. The molecule has 0 bridgehead atoms. The molecule has 1 heterocycles. The summed E-state index contributed by atoms with van der Waals surface area (Å²) in [6, 6.07) is 11.6. The summed E-state index contributed by atoms with van der Waals surface area (Å²) in [6.45, 7) is 4.04. The van der Waals surface area contributed by atoms with E-state index in [2.05, 4.69) is 15.6 Å². The van der Waals surface area contributed by atoms with Crippen LogP contribution in [0.1, 0.15) is 37.4 Å². The summed E-state index contributed by atoms with van der Waals surface area (Å²) in [6.07, 6.45) is 5.05. The Balaban J connectivity index is 1.88. The standard InChI is InChI=1S/C19H25N3O2/c1-4-18(16-8-10-20-11-9-16)22-19(23)21-14(2)12-15-6-5-7-17(13-15)24-3/h5-11,13-14,18H,4,12H2,1-3H3,(H2,21,22,23)/t14-,18-/m0/s1. The van der Waals surface area contributed by atoms with Gasteiger partial charge in [-0.2, -0.15) is 0 Å². The average Bonchev–Trinajstić information content (AvgIpc) is 2.60. The molecule has 5 nitrogen and oxygen atoms in total. The van der Waals surface area contributed by atoms with Gasteiger partial charge in [-0.05, 0) is 55.2 Å².